The minimum absolute atomic E-state index is 0.142. The fraction of sp³-hybridized carbons (Fsp3) is 0.500. The molecule has 0 radical (unpaired) electrons. The van der Waals surface area contributed by atoms with E-state index in [2.05, 4.69) is 5.32 Å². The summed E-state index contributed by atoms with van der Waals surface area (Å²) in [6, 6.07) is 5.81. The largest absolute Gasteiger partial charge is 0.492 e. The van der Waals surface area contributed by atoms with Crippen LogP contribution in [0.15, 0.2) is 24.3 Å². The van der Waals surface area contributed by atoms with Crippen molar-refractivity contribution in [1.82, 2.24) is 15.1 Å². The molecule has 8 nitrogen and oxygen atoms in total. The molecule has 0 aromatic heterocycles. The van der Waals surface area contributed by atoms with E-state index in [1.54, 1.807) is 24.3 Å². The molecule has 1 saturated heterocycles. The SMILES string of the molecule is C[C@@H]1CCCC[C@H]1N1C(=O)C(=O)N(CC(=O)NCCOc2ccc(Cl)cc2)C1=O. The summed E-state index contributed by atoms with van der Waals surface area (Å²) in [5.41, 5.74) is 0. The molecular weight excluding hydrogens is 398 g/mol. The van der Waals surface area contributed by atoms with Gasteiger partial charge in [-0.15, -0.1) is 0 Å². The monoisotopic (exact) mass is 421 g/mol. The third kappa shape index (κ3) is 4.87. The number of carbonyl (C=O) groups is 4. The Kier molecular flexibility index (Phi) is 6.74. The first-order valence-corrected chi connectivity index (χ1v) is 10.1. The first-order chi connectivity index (χ1) is 13.9. The van der Waals surface area contributed by atoms with Crippen LogP contribution in [0.2, 0.25) is 5.02 Å². The highest BCUT2D eigenvalue weighted by Gasteiger charge is 2.49. The minimum atomic E-state index is -0.944. The normalized spacial score (nSPS) is 22.2. The first kappa shape index (κ1) is 21.1. The summed E-state index contributed by atoms with van der Waals surface area (Å²) in [6.07, 6.45) is 3.55. The number of hydrogen-bond donors (Lipinski definition) is 1. The molecule has 1 N–H and O–H groups in total. The van der Waals surface area contributed by atoms with Crippen LogP contribution in [0.1, 0.15) is 32.6 Å². The van der Waals surface area contributed by atoms with Gasteiger partial charge >= 0.3 is 17.8 Å². The molecule has 1 aliphatic heterocycles. The summed E-state index contributed by atoms with van der Waals surface area (Å²) in [4.78, 5) is 51.1. The molecule has 1 saturated carbocycles. The molecule has 2 aliphatic rings. The molecule has 9 heteroatoms. The van der Waals surface area contributed by atoms with Crippen molar-refractivity contribution in [1.29, 1.82) is 0 Å². The number of hydrogen-bond acceptors (Lipinski definition) is 5. The number of amides is 5. The van der Waals surface area contributed by atoms with Gasteiger partial charge in [-0.3, -0.25) is 19.3 Å². The second kappa shape index (κ2) is 9.26. The van der Waals surface area contributed by atoms with Gasteiger partial charge in [0.15, 0.2) is 0 Å². The molecule has 5 amide bonds. The van der Waals surface area contributed by atoms with Gasteiger partial charge in [-0.1, -0.05) is 31.4 Å². The Labute approximate surface area is 174 Å². The standard InChI is InChI=1S/C20H24ClN3O5/c1-13-4-2-3-5-16(13)24-19(27)18(26)23(20(24)28)12-17(25)22-10-11-29-15-8-6-14(21)7-9-15/h6-9,13,16H,2-5,10-12H2,1H3,(H,22,25)/t13-,16-/m1/s1. The number of rotatable bonds is 7. The molecule has 29 heavy (non-hydrogen) atoms. The molecule has 0 unspecified atom stereocenters. The Hall–Kier alpha value is -2.61. The molecule has 0 spiro atoms. The summed E-state index contributed by atoms with van der Waals surface area (Å²) in [7, 11) is 0. The zero-order valence-electron chi connectivity index (χ0n) is 16.2. The highest BCUT2D eigenvalue weighted by Crippen LogP contribution is 2.31. The van der Waals surface area contributed by atoms with E-state index in [1.807, 2.05) is 6.92 Å². The van der Waals surface area contributed by atoms with Crippen molar-refractivity contribution in [3.05, 3.63) is 29.3 Å². The number of ether oxygens (including phenoxy) is 1. The van der Waals surface area contributed by atoms with Crippen molar-refractivity contribution in [2.45, 2.75) is 38.6 Å². The van der Waals surface area contributed by atoms with Gasteiger partial charge in [0.05, 0.1) is 6.54 Å². The van der Waals surface area contributed by atoms with E-state index in [0.29, 0.717) is 17.2 Å². The fourth-order valence-electron chi connectivity index (χ4n) is 3.72. The smallest absolute Gasteiger partial charge is 0.334 e. The Morgan fingerprint density at radius 1 is 1.14 bits per heavy atom. The molecule has 1 aromatic carbocycles. The number of urea groups is 1. The Morgan fingerprint density at radius 3 is 2.52 bits per heavy atom. The van der Waals surface area contributed by atoms with Crippen LogP contribution in [0, 0.1) is 5.92 Å². The van der Waals surface area contributed by atoms with E-state index < -0.39 is 30.3 Å². The van der Waals surface area contributed by atoms with E-state index in [9.17, 15) is 19.2 Å². The highest BCUT2D eigenvalue weighted by molar-refractivity contribution is 6.45. The van der Waals surface area contributed by atoms with Crippen LogP contribution in [-0.2, 0) is 14.4 Å². The molecule has 3 rings (SSSR count). The van der Waals surface area contributed by atoms with Gasteiger partial charge < -0.3 is 10.1 Å². The van der Waals surface area contributed by atoms with Gasteiger partial charge in [-0.2, -0.15) is 0 Å². The maximum atomic E-state index is 12.6. The van der Waals surface area contributed by atoms with Crippen LogP contribution in [0.5, 0.6) is 5.75 Å². The van der Waals surface area contributed by atoms with Crippen molar-refractivity contribution in [3.8, 4) is 5.75 Å². The molecule has 156 valence electrons. The number of imide groups is 2. The predicted octanol–water partition coefficient (Wildman–Crippen LogP) is 2.20. The molecule has 2 fully saturated rings. The van der Waals surface area contributed by atoms with Crippen LogP contribution in [0.25, 0.3) is 0 Å². The number of halogens is 1. The lowest BCUT2D eigenvalue weighted by Crippen LogP contribution is -2.47. The fourth-order valence-corrected chi connectivity index (χ4v) is 3.85. The average Bonchev–Trinajstić information content (AvgIpc) is 2.90. The maximum Gasteiger partial charge on any atom is 0.334 e. The molecule has 1 aliphatic carbocycles. The van der Waals surface area contributed by atoms with Crippen LogP contribution in [0.3, 0.4) is 0 Å². The van der Waals surface area contributed by atoms with E-state index in [-0.39, 0.29) is 25.1 Å². The summed E-state index contributed by atoms with van der Waals surface area (Å²) in [5.74, 6) is -1.56. The Balaban J connectivity index is 1.49. The molecule has 1 aromatic rings. The third-order valence-electron chi connectivity index (χ3n) is 5.29. The van der Waals surface area contributed by atoms with Crippen LogP contribution >= 0.6 is 11.6 Å². The van der Waals surface area contributed by atoms with Gasteiger partial charge in [-0.05, 0) is 43.0 Å². The van der Waals surface area contributed by atoms with E-state index in [0.717, 1.165) is 29.1 Å². The highest BCUT2D eigenvalue weighted by atomic mass is 35.5. The zero-order valence-corrected chi connectivity index (χ0v) is 17.0. The van der Waals surface area contributed by atoms with Crippen molar-refractivity contribution < 1.29 is 23.9 Å². The van der Waals surface area contributed by atoms with Gasteiger partial charge in [0, 0.05) is 11.1 Å². The van der Waals surface area contributed by atoms with Gasteiger partial charge in [0.25, 0.3) is 0 Å². The van der Waals surface area contributed by atoms with E-state index >= 15 is 0 Å². The molecular formula is C20H24ClN3O5. The third-order valence-corrected chi connectivity index (χ3v) is 5.54. The lowest BCUT2D eigenvalue weighted by atomic mass is 9.85. The van der Waals surface area contributed by atoms with Gasteiger partial charge in [0.2, 0.25) is 5.91 Å². The Bertz CT molecular complexity index is 798. The minimum Gasteiger partial charge on any atom is -0.492 e. The topological polar surface area (TPSA) is 96.0 Å². The van der Waals surface area contributed by atoms with Crippen molar-refractivity contribution in [2.75, 3.05) is 19.7 Å². The maximum absolute atomic E-state index is 12.6. The lowest BCUT2D eigenvalue weighted by molar-refractivity contribution is -0.145. The van der Waals surface area contributed by atoms with E-state index in [1.165, 1.54) is 0 Å². The van der Waals surface area contributed by atoms with Gasteiger partial charge in [0.1, 0.15) is 18.9 Å². The molecule has 0 bridgehead atoms. The van der Waals surface area contributed by atoms with Gasteiger partial charge in [-0.25, -0.2) is 9.69 Å². The number of benzene rings is 1. The number of carbonyl (C=O) groups excluding carboxylic acids is 4. The van der Waals surface area contributed by atoms with Crippen LogP contribution < -0.4 is 10.1 Å². The van der Waals surface area contributed by atoms with E-state index in [4.69, 9.17) is 16.3 Å². The van der Waals surface area contributed by atoms with Crippen molar-refractivity contribution in [2.24, 2.45) is 5.92 Å². The second-order valence-corrected chi connectivity index (χ2v) is 7.77. The number of nitrogens with zero attached hydrogens (tertiary/aromatic N) is 2. The molecule has 2 atom stereocenters. The lowest BCUT2D eigenvalue weighted by Gasteiger charge is -2.34. The predicted molar refractivity (Wildman–Crippen MR) is 105 cm³/mol. The van der Waals surface area contributed by atoms with Crippen LogP contribution in [0.4, 0.5) is 4.79 Å². The Morgan fingerprint density at radius 2 is 1.83 bits per heavy atom. The van der Waals surface area contributed by atoms with Crippen LogP contribution in [-0.4, -0.2) is 59.3 Å². The summed E-state index contributed by atoms with van der Waals surface area (Å²) in [6.45, 7) is 1.89. The summed E-state index contributed by atoms with van der Waals surface area (Å²) < 4.78 is 5.47. The zero-order chi connectivity index (χ0) is 21.0. The van der Waals surface area contributed by atoms with Crippen molar-refractivity contribution in [3.63, 3.8) is 0 Å². The second-order valence-electron chi connectivity index (χ2n) is 7.33. The first-order valence-electron chi connectivity index (χ1n) is 9.72. The quantitative estimate of drug-likeness (QED) is 0.413. The number of nitrogens with one attached hydrogen (secondary N) is 1. The summed E-state index contributed by atoms with van der Waals surface area (Å²) >= 11 is 5.80. The average molecular weight is 422 g/mol. The van der Waals surface area contributed by atoms with Crippen molar-refractivity contribution >= 4 is 35.4 Å². The summed E-state index contributed by atoms with van der Waals surface area (Å²) in [5, 5.41) is 3.18. The molecule has 1 heterocycles.